The number of hydrogen-bond donors (Lipinski definition) is 0. The molecule has 0 saturated carbocycles. The Kier molecular flexibility index (Phi) is 2.60. The molecule has 2 saturated heterocycles. The lowest BCUT2D eigenvalue weighted by Gasteiger charge is -2.22. The molecule has 0 aromatic heterocycles. The Morgan fingerprint density at radius 3 is 2.73 bits per heavy atom. The van der Waals surface area contributed by atoms with Gasteiger partial charge in [-0.05, 0) is 19.4 Å². The molecule has 0 aromatic carbocycles. The predicted octanol–water partition coefficient (Wildman–Crippen LogP) is 1.81. The summed E-state index contributed by atoms with van der Waals surface area (Å²) in [5.74, 6) is -0.394. The van der Waals surface area contributed by atoms with Gasteiger partial charge in [0.05, 0.1) is 12.6 Å². The normalized spacial score (nSPS) is 42.3. The monoisotopic (exact) mass is 213 g/mol. The van der Waals surface area contributed by atoms with Crippen molar-refractivity contribution in [2.75, 3.05) is 6.54 Å². The SMILES string of the molecule is C[C@@H]1[C@H]2OC(C)(C)O[C@H]2O[C@@H]1CN=[N+]=[N-]. The molecule has 2 aliphatic heterocycles. The second kappa shape index (κ2) is 3.64. The molecular weight excluding hydrogens is 198 g/mol. The zero-order chi connectivity index (χ0) is 11.1. The van der Waals surface area contributed by atoms with Gasteiger partial charge in [-0.25, -0.2) is 0 Å². The molecule has 2 rings (SSSR count). The van der Waals surface area contributed by atoms with Gasteiger partial charge in [-0.15, -0.1) is 0 Å². The molecule has 0 N–H and O–H groups in total. The van der Waals surface area contributed by atoms with Gasteiger partial charge in [0.15, 0.2) is 12.1 Å². The number of hydrogen-bond acceptors (Lipinski definition) is 4. The Morgan fingerprint density at radius 2 is 2.13 bits per heavy atom. The summed E-state index contributed by atoms with van der Waals surface area (Å²) < 4.78 is 16.9. The van der Waals surface area contributed by atoms with E-state index in [0.717, 1.165) is 0 Å². The maximum atomic E-state index is 8.24. The standard InChI is InChI=1S/C9H15N3O3/c1-5-6(4-11-12-10)13-8-7(5)14-9(2,3)15-8/h5-8H,4H2,1-3H3/t5-,6+,7+,8+/m0/s1. The van der Waals surface area contributed by atoms with Crippen LogP contribution in [0, 0.1) is 5.92 Å². The Balaban J connectivity index is 2.01. The zero-order valence-electron chi connectivity index (χ0n) is 9.08. The van der Waals surface area contributed by atoms with Gasteiger partial charge in [0, 0.05) is 10.8 Å². The Morgan fingerprint density at radius 1 is 1.40 bits per heavy atom. The molecule has 2 aliphatic rings. The van der Waals surface area contributed by atoms with Crippen molar-refractivity contribution in [2.45, 2.75) is 45.1 Å². The summed E-state index contributed by atoms with van der Waals surface area (Å²) in [4.78, 5) is 2.72. The van der Waals surface area contributed by atoms with Gasteiger partial charge in [0.25, 0.3) is 0 Å². The van der Waals surface area contributed by atoms with Crippen molar-refractivity contribution in [1.29, 1.82) is 0 Å². The highest BCUT2D eigenvalue weighted by atomic mass is 16.8. The molecular formula is C9H15N3O3. The van der Waals surface area contributed by atoms with Crippen LogP contribution in [0.1, 0.15) is 20.8 Å². The van der Waals surface area contributed by atoms with Gasteiger partial charge >= 0.3 is 0 Å². The molecule has 0 aromatic rings. The van der Waals surface area contributed by atoms with Gasteiger partial charge in [0.1, 0.15) is 6.10 Å². The van der Waals surface area contributed by atoms with Crippen LogP contribution in [0.25, 0.3) is 10.4 Å². The molecule has 2 fully saturated rings. The summed E-state index contributed by atoms with van der Waals surface area (Å²) in [6.07, 6.45) is -0.486. The fourth-order valence-electron chi connectivity index (χ4n) is 2.05. The van der Waals surface area contributed by atoms with Crippen LogP contribution in [0.3, 0.4) is 0 Å². The summed E-state index contributed by atoms with van der Waals surface area (Å²) in [5.41, 5.74) is 8.24. The van der Waals surface area contributed by atoms with Crippen LogP contribution in [-0.4, -0.2) is 30.8 Å². The molecule has 0 unspecified atom stereocenters. The average Bonchev–Trinajstić information content (AvgIpc) is 2.58. The quantitative estimate of drug-likeness (QED) is 0.398. The zero-order valence-corrected chi connectivity index (χ0v) is 9.08. The first-order chi connectivity index (χ1) is 7.03. The van der Waals surface area contributed by atoms with E-state index < -0.39 is 5.79 Å². The van der Waals surface area contributed by atoms with E-state index in [4.69, 9.17) is 19.7 Å². The van der Waals surface area contributed by atoms with E-state index in [-0.39, 0.29) is 24.4 Å². The van der Waals surface area contributed by atoms with Gasteiger partial charge in [0.2, 0.25) is 0 Å². The van der Waals surface area contributed by atoms with Crippen molar-refractivity contribution < 1.29 is 14.2 Å². The van der Waals surface area contributed by atoms with Crippen molar-refractivity contribution in [3.63, 3.8) is 0 Å². The number of ether oxygens (including phenoxy) is 3. The van der Waals surface area contributed by atoms with Crippen LogP contribution in [0.5, 0.6) is 0 Å². The van der Waals surface area contributed by atoms with Crippen LogP contribution in [0.2, 0.25) is 0 Å². The number of rotatable bonds is 2. The first-order valence-electron chi connectivity index (χ1n) is 5.05. The van der Waals surface area contributed by atoms with Gasteiger partial charge in [-0.1, -0.05) is 12.0 Å². The Bertz CT molecular complexity index is 301. The minimum atomic E-state index is -0.576. The third-order valence-corrected chi connectivity index (χ3v) is 2.83. The minimum Gasteiger partial charge on any atom is -0.346 e. The average molecular weight is 213 g/mol. The third kappa shape index (κ3) is 1.94. The highest BCUT2D eigenvalue weighted by Gasteiger charge is 2.52. The van der Waals surface area contributed by atoms with E-state index in [9.17, 15) is 0 Å². The minimum absolute atomic E-state index is 0.0566. The predicted molar refractivity (Wildman–Crippen MR) is 51.9 cm³/mol. The largest absolute Gasteiger partial charge is 0.346 e. The summed E-state index contributed by atoms with van der Waals surface area (Å²) in [6.45, 7) is 6.08. The van der Waals surface area contributed by atoms with Crippen LogP contribution in [-0.2, 0) is 14.2 Å². The first kappa shape index (κ1) is 10.7. The molecule has 0 spiro atoms. The van der Waals surface area contributed by atoms with E-state index in [0.29, 0.717) is 6.54 Å². The molecule has 0 aliphatic carbocycles. The van der Waals surface area contributed by atoms with Crippen molar-refractivity contribution >= 4 is 0 Å². The molecule has 15 heavy (non-hydrogen) atoms. The van der Waals surface area contributed by atoms with E-state index in [2.05, 4.69) is 10.0 Å². The molecule has 4 atom stereocenters. The smallest absolute Gasteiger partial charge is 0.187 e. The van der Waals surface area contributed by atoms with Crippen LogP contribution >= 0.6 is 0 Å². The van der Waals surface area contributed by atoms with E-state index in [1.54, 1.807) is 0 Å². The Hall–Kier alpha value is -0.810. The molecule has 0 radical (unpaired) electrons. The van der Waals surface area contributed by atoms with Crippen LogP contribution < -0.4 is 0 Å². The molecule has 0 bridgehead atoms. The van der Waals surface area contributed by atoms with Gasteiger partial charge in [-0.3, -0.25) is 0 Å². The maximum Gasteiger partial charge on any atom is 0.187 e. The second-order valence-electron chi connectivity index (χ2n) is 4.42. The third-order valence-electron chi connectivity index (χ3n) is 2.83. The summed E-state index contributed by atoms with van der Waals surface area (Å²) >= 11 is 0. The lowest BCUT2D eigenvalue weighted by atomic mass is 10.0. The van der Waals surface area contributed by atoms with Crippen LogP contribution in [0.15, 0.2) is 5.11 Å². The highest BCUT2D eigenvalue weighted by molar-refractivity contribution is 4.91. The van der Waals surface area contributed by atoms with Gasteiger partial charge < -0.3 is 14.2 Å². The van der Waals surface area contributed by atoms with Crippen molar-refractivity contribution in [3.8, 4) is 0 Å². The second-order valence-corrected chi connectivity index (χ2v) is 4.42. The number of fused-ring (bicyclic) bond motifs is 1. The fraction of sp³-hybridized carbons (Fsp3) is 1.00. The summed E-state index contributed by atoms with van der Waals surface area (Å²) in [6, 6.07) is 0. The maximum absolute atomic E-state index is 8.24. The topological polar surface area (TPSA) is 76.5 Å². The van der Waals surface area contributed by atoms with Crippen LogP contribution in [0.4, 0.5) is 0 Å². The molecule has 6 heteroatoms. The summed E-state index contributed by atoms with van der Waals surface area (Å²) in [7, 11) is 0. The van der Waals surface area contributed by atoms with Gasteiger partial charge in [-0.2, -0.15) is 0 Å². The molecule has 84 valence electrons. The fourth-order valence-corrected chi connectivity index (χ4v) is 2.05. The lowest BCUT2D eigenvalue weighted by Crippen LogP contribution is -2.29. The number of azide groups is 1. The van der Waals surface area contributed by atoms with E-state index in [1.807, 2.05) is 20.8 Å². The molecule has 6 nitrogen and oxygen atoms in total. The Labute approximate surface area is 88.1 Å². The van der Waals surface area contributed by atoms with E-state index >= 15 is 0 Å². The number of nitrogens with zero attached hydrogens (tertiary/aromatic N) is 3. The van der Waals surface area contributed by atoms with Crippen molar-refractivity contribution in [1.82, 2.24) is 0 Å². The highest BCUT2D eigenvalue weighted by Crippen LogP contribution is 2.40. The van der Waals surface area contributed by atoms with E-state index in [1.165, 1.54) is 0 Å². The summed E-state index contributed by atoms with van der Waals surface area (Å²) in [5, 5.41) is 3.51. The lowest BCUT2D eigenvalue weighted by molar-refractivity contribution is -0.208. The first-order valence-corrected chi connectivity index (χ1v) is 5.05. The van der Waals surface area contributed by atoms with Crippen molar-refractivity contribution in [3.05, 3.63) is 10.4 Å². The van der Waals surface area contributed by atoms with Crippen molar-refractivity contribution in [2.24, 2.45) is 11.0 Å². The molecule has 2 heterocycles. The molecule has 0 amide bonds.